The second-order valence-electron chi connectivity index (χ2n) is 6.87. The molecule has 2 aliphatic heterocycles. The van der Waals surface area contributed by atoms with Crippen LogP contribution in [0.2, 0.25) is 0 Å². The summed E-state index contributed by atoms with van der Waals surface area (Å²) in [7, 11) is 1.98. The third kappa shape index (κ3) is 3.53. The van der Waals surface area contributed by atoms with Crippen molar-refractivity contribution in [2.45, 2.75) is 45.4 Å². The third-order valence-electron chi connectivity index (χ3n) is 5.31. The van der Waals surface area contributed by atoms with Crippen molar-refractivity contribution in [3.05, 3.63) is 18.0 Å². The van der Waals surface area contributed by atoms with Gasteiger partial charge in [0.15, 0.2) is 0 Å². The fourth-order valence-corrected chi connectivity index (χ4v) is 3.88. The van der Waals surface area contributed by atoms with Crippen LogP contribution in [-0.2, 0) is 18.3 Å². The molecule has 3 rings (SSSR count). The molecule has 0 radical (unpaired) electrons. The zero-order chi connectivity index (χ0) is 15.5. The van der Waals surface area contributed by atoms with Crippen LogP contribution in [-0.4, -0.2) is 64.5 Å². The summed E-state index contributed by atoms with van der Waals surface area (Å²) >= 11 is 0. The van der Waals surface area contributed by atoms with Crippen molar-refractivity contribution in [1.29, 1.82) is 0 Å². The SMILES string of the molecule is CCC(CC)CN1C[C@@H]2OCCN(Cc3cnn(C)c3)[C@@H]2C1. The lowest BCUT2D eigenvalue weighted by Crippen LogP contribution is -2.50. The van der Waals surface area contributed by atoms with Crippen LogP contribution >= 0.6 is 0 Å². The van der Waals surface area contributed by atoms with Crippen molar-refractivity contribution in [2.75, 3.05) is 32.8 Å². The van der Waals surface area contributed by atoms with Crippen molar-refractivity contribution in [1.82, 2.24) is 19.6 Å². The summed E-state index contributed by atoms with van der Waals surface area (Å²) in [6.45, 7) is 11.0. The van der Waals surface area contributed by atoms with E-state index in [2.05, 4.69) is 34.9 Å². The van der Waals surface area contributed by atoms with E-state index in [1.165, 1.54) is 24.9 Å². The zero-order valence-electron chi connectivity index (χ0n) is 14.2. The van der Waals surface area contributed by atoms with E-state index in [-0.39, 0.29) is 0 Å². The van der Waals surface area contributed by atoms with Crippen molar-refractivity contribution >= 4 is 0 Å². The summed E-state index contributed by atoms with van der Waals surface area (Å²) in [6, 6.07) is 0.545. The van der Waals surface area contributed by atoms with Crippen molar-refractivity contribution in [3.63, 3.8) is 0 Å². The van der Waals surface area contributed by atoms with E-state index in [1.54, 1.807) is 0 Å². The van der Waals surface area contributed by atoms with Crippen molar-refractivity contribution in [2.24, 2.45) is 13.0 Å². The molecule has 1 aromatic rings. The second kappa shape index (κ2) is 7.11. The summed E-state index contributed by atoms with van der Waals surface area (Å²) < 4.78 is 7.94. The first kappa shape index (κ1) is 16.0. The van der Waals surface area contributed by atoms with E-state index >= 15 is 0 Å². The van der Waals surface area contributed by atoms with Gasteiger partial charge in [-0.15, -0.1) is 0 Å². The predicted molar refractivity (Wildman–Crippen MR) is 87.7 cm³/mol. The Morgan fingerprint density at radius 2 is 2.14 bits per heavy atom. The highest BCUT2D eigenvalue weighted by atomic mass is 16.5. The first-order chi connectivity index (χ1) is 10.7. The summed E-state index contributed by atoms with van der Waals surface area (Å²) in [5, 5.41) is 4.29. The van der Waals surface area contributed by atoms with Crippen LogP contribution in [0.5, 0.6) is 0 Å². The molecule has 2 saturated heterocycles. The fraction of sp³-hybridized carbons (Fsp3) is 0.824. The quantitative estimate of drug-likeness (QED) is 0.802. The van der Waals surface area contributed by atoms with Crippen molar-refractivity contribution < 1.29 is 4.74 Å². The molecule has 0 N–H and O–H groups in total. The van der Waals surface area contributed by atoms with Crippen LogP contribution in [0.4, 0.5) is 0 Å². The van der Waals surface area contributed by atoms with Crippen LogP contribution in [0.3, 0.4) is 0 Å². The summed E-state index contributed by atoms with van der Waals surface area (Å²) in [5.74, 6) is 0.826. The Labute approximate surface area is 134 Å². The highest BCUT2D eigenvalue weighted by Crippen LogP contribution is 2.25. The van der Waals surface area contributed by atoms with Crippen LogP contribution in [0.25, 0.3) is 0 Å². The molecule has 0 bridgehead atoms. The number of hydrogen-bond acceptors (Lipinski definition) is 4. The Hall–Kier alpha value is -0.910. The average Bonchev–Trinajstić information content (AvgIpc) is 3.11. The van der Waals surface area contributed by atoms with Gasteiger partial charge in [0, 0.05) is 51.5 Å². The fourth-order valence-electron chi connectivity index (χ4n) is 3.88. The Balaban J connectivity index is 1.60. The van der Waals surface area contributed by atoms with Gasteiger partial charge < -0.3 is 4.74 Å². The molecule has 0 unspecified atom stereocenters. The Bertz CT molecular complexity index is 471. The smallest absolute Gasteiger partial charge is 0.0870 e. The Kier molecular flexibility index (Phi) is 5.16. The minimum Gasteiger partial charge on any atom is -0.374 e. The predicted octanol–water partition coefficient (Wildman–Crippen LogP) is 1.74. The summed E-state index contributed by atoms with van der Waals surface area (Å²) in [4.78, 5) is 5.21. The summed E-state index contributed by atoms with van der Waals surface area (Å²) in [5.41, 5.74) is 1.31. The number of hydrogen-bond donors (Lipinski definition) is 0. The molecule has 22 heavy (non-hydrogen) atoms. The number of nitrogens with zero attached hydrogens (tertiary/aromatic N) is 4. The van der Waals surface area contributed by atoms with E-state index in [0.29, 0.717) is 12.1 Å². The van der Waals surface area contributed by atoms with Gasteiger partial charge in [0.1, 0.15) is 0 Å². The number of aryl methyl sites for hydroxylation is 1. The van der Waals surface area contributed by atoms with Gasteiger partial charge >= 0.3 is 0 Å². The number of morpholine rings is 1. The molecular weight excluding hydrogens is 276 g/mol. The van der Waals surface area contributed by atoms with Gasteiger partial charge in [-0.2, -0.15) is 5.10 Å². The normalized spacial score (nSPS) is 26.7. The van der Waals surface area contributed by atoms with E-state index < -0.39 is 0 Å². The molecule has 5 heteroatoms. The first-order valence-corrected chi connectivity index (χ1v) is 8.75. The largest absolute Gasteiger partial charge is 0.374 e. The maximum atomic E-state index is 6.05. The van der Waals surface area contributed by atoms with Crippen molar-refractivity contribution in [3.8, 4) is 0 Å². The highest BCUT2D eigenvalue weighted by Gasteiger charge is 2.40. The summed E-state index contributed by atoms with van der Waals surface area (Å²) in [6.07, 6.45) is 7.06. The lowest BCUT2D eigenvalue weighted by Gasteiger charge is -2.36. The van der Waals surface area contributed by atoms with E-state index in [0.717, 1.165) is 38.7 Å². The topological polar surface area (TPSA) is 33.5 Å². The van der Waals surface area contributed by atoms with Crippen LogP contribution in [0, 0.1) is 5.92 Å². The number of aromatic nitrogens is 2. The van der Waals surface area contributed by atoms with Gasteiger partial charge in [0.25, 0.3) is 0 Å². The molecule has 2 fully saturated rings. The molecule has 5 nitrogen and oxygen atoms in total. The second-order valence-corrected chi connectivity index (χ2v) is 6.87. The van der Waals surface area contributed by atoms with Gasteiger partial charge in [0.05, 0.1) is 24.9 Å². The van der Waals surface area contributed by atoms with Crippen LogP contribution < -0.4 is 0 Å². The Morgan fingerprint density at radius 3 is 2.82 bits per heavy atom. The molecule has 0 aliphatic carbocycles. The van der Waals surface area contributed by atoms with Gasteiger partial charge in [-0.1, -0.05) is 26.7 Å². The number of fused-ring (bicyclic) bond motifs is 1. The molecular formula is C17H30N4O. The monoisotopic (exact) mass is 306 g/mol. The van der Waals surface area contributed by atoms with Gasteiger partial charge in [-0.3, -0.25) is 14.5 Å². The molecule has 0 aromatic carbocycles. The van der Waals surface area contributed by atoms with Gasteiger partial charge in [-0.05, 0) is 5.92 Å². The van der Waals surface area contributed by atoms with Gasteiger partial charge in [0.2, 0.25) is 0 Å². The molecule has 0 saturated carbocycles. The third-order valence-corrected chi connectivity index (χ3v) is 5.31. The number of ether oxygens (including phenoxy) is 1. The van der Waals surface area contributed by atoms with E-state index in [1.807, 2.05) is 17.9 Å². The maximum Gasteiger partial charge on any atom is 0.0870 e. The standard InChI is InChI=1S/C17H30N4O/c1-4-14(5-2)10-20-12-16-17(13-20)22-7-6-21(16)11-15-8-18-19(3)9-15/h8-9,14,16-17H,4-7,10-13H2,1-3H3/t16-,17+/m1/s1. The highest BCUT2D eigenvalue weighted by molar-refractivity contribution is 5.05. The van der Waals surface area contributed by atoms with Gasteiger partial charge in [-0.25, -0.2) is 0 Å². The molecule has 2 aliphatic rings. The minimum absolute atomic E-state index is 0.389. The minimum atomic E-state index is 0.389. The molecule has 2 atom stereocenters. The van der Waals surface area contributed by atoms with E-state index in [4.69, 9.17) is 4.74 Å². The number of likely N-dealkylation sites (tertiary alicyclic amines) is 1. The maximum absolute atomic E-state index is 6.05. The number of rotatable bonds is 6. The van der Waals surface area contributed by atoms with Crippen LogP contribution in [0.15, 0.2) is 12.4 Å². The molecule has 1 aromatic heterocycles. The van der Waals surface area contributed by atoms with E-state index in [9.17, 15) is 0 Å². The molecule has 3 heterocycles. The molecule has 0 spiro atoms. The first-order valence-electron chi connectivity index (χ1n) is 8.75. The zero-order valence-corrected chi connectivity index (χ0v) is 14.2. The lowest BCUT2D eigenvalue weighted by atomic mass is 10.0. The Morgan fingerprint density at radius 1 is 1.32 bits per heavy atom. The molecule has 124 valence electrons. The molecule has 0 amide bonds. The van der Waals surface area contributed by atoms with Crippen LogP contribution in [0.1, 0.15) is 32.3 Å². The average molecular weight is 306 g/mol. The lowest BCUT2D eigenvalue weighted by molar-refractivity contribution is -0.0504.